The number of carboxylic acids is 1. The summed E-state index contributed by atoms with van der Waals surface area (Å²) < 4.78 is 6.39. The highest BCUT2D eigenvalue weighted by Gasteiger charge is 2.29. The molecular formula is C25H22BrNO4. The second-order valence-electron chi connectivity index (χ2n) is 7.49. The molecule has 0 spiro atoms. The molecule has 158 valence electrons. The van der Waals surface area contributed by atoms with Gasteiger partial charge in [0, 0.05) is 10.4 Å². The average molecular weight is 480 g/mol. The Bertz CT molecular complexity index is 1070. The number of alkyl carbamates (subject to hydrolysis) is 1. The van der Waals surface area contributed by atoms with Crippen LogP contribution in [0.2, 0.25) is 0 Å². The fraction of sp³-hybridized carbons (Fsp3) is 0.200. The number of carbonyl (C=O) groups excluding carboxylic acids is 1. The van der Waals surface area contributed by atoms with Crippen molar-refractivity contribution < 1.29 is 19.4 Å². The van der Waals surface area contributed by atoms with E-state index < -0.39 is 18.1 Å². The molecule has 0 saturated carbocycles. The summed E-state index contributed by atoms with van der Waals surface area (Å²) in [7, 11) is 0. The van der Waals surface area contributed by atoms with Crippen molar-refractivity contribution in [3.63, 3.8) is 0 Å². The predicted molar refractivity (Wildman–Crippen MR) is 122 cm³/mol. The molecule has 2 N–H and O–H groups in total. The van der Waals surface area contributed by atoms with Gasteiger partial charge >= 0.3 is 12.1 Å². The first-order valence-electron chi connectivity index (χ1n) is 10.1. The lowest BCUT2D eigenvalue weighted by molar-refractivity contribution is -0.139. The second kappa shape index (κ2) is 9.35. The molecule has 31 heavy (non-hydrogen) atoms. The van der Waals surface area contributed by atoms with Gasteiger partial charge in [-0.25, -0.2) is 9.59 Å². The maximum Gasteiger partial charge on any atom is 0.407 e. The number of carboxylic acid groups (broad SMARTS) is 1. The zero-order valence-corrected chi connectivity index (χ0v) is 18.3. The highest BCUT2D eigenvalue weighted by atomic mass is 79.9. The molecule has 5 nitrogen and oxygen atoms in total. The molecule has 1 aliphatic rings. The lowest BCUT2D eigenvalue weighted by Gasteiger charge is -2.17. The molecule has 3 aromatic carbocycles. The van der Waals surface area contributed by atoms with Gasteiger partial charge in [-0.3, -0.25) is 0 Å². The van der Waals surface area contributed by atoms with Crippen LogP contribution in [0.5, 0.6) is 0 Å². The van der Waals surface area contributed by atoms with Gasteiger partial charge in [-0.15, -0.1) is 0 Å². The topological polar surface area (TPSA) is 75.6 Å². The van der Waals surface area contributed by atoms with Crippen LogP contribution >= 0.6 is 15.9 Å². The largest absolute Gasteiger partial charge is 0.480 e. The first kappa shape index (κ1) is 21.1. The van der Waals surface area contributed by atoms with Gasteiger partial charge in [-0.1, -0.05) is 82.7 Å². The van der Waals surface area contributed by atoms with Crippen LogP contribution in [0.3, 0.4) is 0 Å². The quantitative estimate of drug-likeness (QED) is 0.477. The van der Waals surface area contributed by atoms with Gasteiger partial charge in [-0.2, -0.15) is 0 Å². The smallest absolute Gasteiger partial charge is 0.407 e. The normalized spacial score (nSPS) is 13.2. The minimum Gasteiger partial charge on any atom is -0.480 e. The first-order chi connectivity index (χ1) is 15.0. The Kier molecular flexibility index (Phi) is 6.37. The van der Waals surface area contributed by atoms with Crippen molar-refractivity contribution in [1.82, 2.24) is 5.32 Å². The molecule has 1 amide bonds. The van der Waals surface area contributed by atoms with E-state index in [0.29, 0.717) is 6.42 Å². The average Bonchev–Trinajstić information content (AvgIpc) is 3.10. The molecule has 6 heteroatoms. The minimum atomic E-state index is -1.08. The van der Waals surface area contributed by atoms with E-state index >= 15 is 0 Å². The van der Waals surface area contributed by atoms with E-state index in [1.807, 2.05) is 60.7 Å². The summed E-state index contributed by atoms with van der Waals surface area (Å²) >= 11 is 3.46. The molecule has 1 aliphatic carbocycles. The van der Waals surface area contributed by atoms with Crippen molar-refractivity contribution in [2.75, 3.05) is 6.61 Å². The molecule has 1 atom stereocenters. The lowest BCUT2D eigenvalue weighted by atomic mass is 9.98. The summed E-state index contributed by atoms with van der Waals surface area (Å²) in [6.07, 6.45) is 0.0610. The summed E-state index contributed by atoms with van der Waals surface area (Å²) in [5, 5.41) is 12.0. The highest BCUT2D eigenvalue weighted by molar-refractivity contribution is 9.10. The van der Waals surface area contributed by atoms with E-state index in [0.717, 1.165) is 32.3 Å². The van der Waals surface area contributed by atoms with Crippen LogP contribution in [0.15, 0.2) is 77.3 Å². The Morgan fingerprint density at radius 1 is 0.935 bits per heavy atom. The van der Waals surface area contributed by atoms with Crippen molar-refractivity contribution in [1.29, 1.82) is 0 Å². The van der Waals surface area contributed by atoms with Crippen LogP contribution in [0, 0.1) is 0 Å². The predicted octanol–water partition coefficient (Wildman–Crippen LogP) is 5.37. The van der Waals surface area contributed by atoms with Crippen LogP contribution in [0.25, 0.3) is 11.1 Å². The van der Waals surface area contributed by atoms with Crippen molar-refractivity contribution in [3.8, 4) is 11.1 Å². The van der Waals surface area contributed by atoms with Crippen LogP contribution in [-0.2, 0) is 16.0 Å². The number of aryl methyl sites for hydroxylation is 1. The molecule has 0 unspecified atom stereocenters. The Balaban J connectivity index is 1.39. The Labute approximate surface area is 189 Å². The number of rotatable bonds is 7. The number of hydrogen-bond acceptors (Lipinski definition) is 3. The fourth-order valence-electron chi connectivity index (χ4n) is 4.04. The summed E-state index contributed by atoms with van der Waals surface area (Å²) in [6, 6.07) is 22.8. The summed E-state index contributed by atoms with van der Waals surface area (Å²) in [5.74, 6) is -1.15. The number of amides is 1. The second-order valence-corrected chi connectivity index (χ2v) is 8.35. The van der Waals surface area contributed by atoms with Crippen molar-refractivity contribution in [3.05, 3.63) is 94.0 Å². The standard InChI is InChI=1S/C25H22BrNO4/c26-22-12-6-1-7-16(22)13-14-23(24(28)29)27-25(30)31-15-21-19-10-4-2-8-17(19)18-9-3-5-11-20(18)21/h1-12,21,23H,13-15H2,(H,27,30)(H,28,29)/t23-/m0/s1. The van der Waals surface area contributed by atoms with Crippen molar-refractivity contribution in [2.24, 2.45) is 0 Å². The molecule has 4 rings (SSSR count). The number of hydrogen-bond donors (Lipinski definition) is 2. The van der Waals surface area contributed by atoms with Crippen molar-refractivity contribution >= 4 is 28.0 Å². The molecular weight excluding hydrogens is 458 g/mol. The lowest BCUT2D eigenvalue weighted by Crippen LogP contribution is -2.41. The highest BCUT2D eigenvalue weighted by Crippen LogP contribution is 2.44. The molecule has 0 bridgehead atoms. The summed E-state index contributed by atoms with van der Waals surface area (Å²) in [4.78, 5) is 24.1. The van der Waals surface area contributed by atoms with Gasteiger partial charge in [0.1, 0.15) is 12.6 Å². The van der Waals surface area contributed by atoms with Gasteiger partial charge in [0.2, 0.25) is 0 Å². The monoisotopic (exact) mass is 479 g/mol. The zero-order chi connectivity index (χ0) is 21.8. The number of nitrogens with one attached hydrogen (secondary N) is 1. The van der Waals surface area contributed by atoms with Crippen LogP contribution in [0.1, 0.15) is 29.0 Å². The Hall–Kier alpha value is -3.12. The van der Waals surface area contributed by atoms with E-state index in [-0.39, 0.29) is 18.9 Å². The molecule has 0 aromatic heterocycles. The van der Waals surface area contributed by atoms with Crippen LogP contribution in [0.4, 0.5) is 4.79 Å². The summed E-state index contributed by atoms with van der Waals surface area (Å²) in [5.41, 5.74) is 5.50. The third-order valence-electron chi connectivity index (χ3n) is 5.59. The summed E-state index contributed by atoms with van der Waals surface area (Å²) in [6.45, 7) is 0.149. The first-order valence-corrected chi connectivity index (χ1v) is 10.9. The number of ether oxygens (including phenoxy) is 1. The number of halogens is 1. The van der Waals surface area contributed by atoms with Crippen molar-refractivity contribution in [2.45, 2.75) is 24.8 Å². The van der Waals surface area contributed by atoms with E-state index in [9.17, 15) is 14.7 Å². The van der Waals surface area contributed by atoms with Gasteiger partial charge < -0.3 is 15.2 Å². The zero-order valence-electron chi connectivity index (χ0n) is 16.8. The van der Waals surface area contributed by atoms with E-state index in [2.05, 4.69) is 33.4 Å². The fourth-order valence-corrected chi connectivity index (χ4v) is 4.52. The Morgan fingerprint density at radius 2 is 1.52 bits per heavy atom. The number of aliphatic carboxylic acids is 1. The molecule has 0 fully saturated rings. The SMILES string of the molecule is O=C(N[C@@H](CCc1ccccc1Br)C(=O)O)OCC1c2ccccc2-c2ccccc21. The third-order valence-corrected chi connectivity index (χ3v) is 6.37. The maximum absolute atomic E-state index is 12.4. The molecule has 0 radical (unpaired) electrons. The van der Waals surface area contributed by atoms with E-state index in [1.165, 1.54) is 0 Å². The number of carbonyl (C=O) groups is 2. The van der Waals surface area contributed by atoms with Crippen LogP contribution < -0.4 is 5.32 Å². The van der Waals surface area contributed by atoms with Gasteiger partial charge in [-0.05, 0) is 46.7 Å². The number of fused-ring (bicyclic) bond motifs is 3. The van der Waals surface area contributed by atoms with Gasteiger partial charge in [0.05, 0.1) is 0 Å². The molecule has 0 heterocycles. The van der Waals surface area contributed by atoms with Gasteiger partial charge in [0.15, 0.2) is 0 Å². The number of benzene rings is 3. The van der Waals surface area contributed by atoms with Gasteiger partial charge in [0.25, 0.3) is 0 Å². The van der Waals surface area contributed by atoms with E-state index in [1.54, 1.807) is 0 Å². The molecule has 3 aromatic rings. The Morgan fingerprint density at radius 3 is 2.13 bits per heavy atom. The van der Waals surface area contributed by atoms with E-state index in [4.69, 9.17) is 4.74 Å². The van der Waals surface area contributed by atoms with Crippen LogP contribution in [-0.4, -0.2) is 29.8 Å². The molecule has 0 aliphatic heterocycles. The maximum atomic E-state index is 12.4. The molecule has 0 saturated heterocycles. The minimum absolute atomic E-state index is 0.0679. The third kappa shape index (κ3) is 4.64.